The van der Waals surface area contributed by atoms with Crippen molar-refractivity contribution in [1.82, 2.24) is 9.21 Å². The zero-order valence-electron chi connectivity index (χ0n) is 18.5. The molecule has 1 saturated heterocycles. The van der Waals surface area contributed by atoms with Crippen LogP contribution in [0.5, 0.6) is 0 Å². The fourth-order valence-corrected chi connectivity index (χ4v) is 5.19. The Morgan fingerprint density at radius 3 is 2.19 bits per heavy atom. The Labute approximate surface area is 184 Å². The molecule has 1 aliphatic heterocycles. The topological polar surface area (TPSA) is 57.7 Å². The lowest BCUT2D eigenvalue weighted by Gasteiger charge is -2.22. The van der Waals surface area contributed by atoms with Crippen LogP contribution >= 0.6 is 0 Å². The average Bonchev–Trinajstić information content (AvgIpc) is 2.99. The molecule has 0 spiro atoms. The fourth-order valence-electron chi connectivity index (χ4n) is 3.72. The number of amides is 1. The minimum absolute atomic E-state index is 0.0425. The number of benzene rings is 2. The van der Waals surface area contributed by atoms with Crippen LogP contribution in [0.2, 0.25) is 0 Å². The van der Waals surface area contributed by atoms with Gasteiger partial charge < -0.3 is 4.90 Å². The molecular formula is C24H31FN2O3S. The molecule has 1 amide bonds. The van der Waals surface area contributed by atoms with E-state index in [4.69, 9.17) is 0 Å². The number of nitrogens with zero attached hydrogens (tertiary/aromatic N) is 2. The molecule has 2 aromatic rings. The van der Waals surface area contributed by atoms with Crippen LogP contribution in [0.4, 0.5) is 4.39 Å². The summed E-state index contributed by atoms with van der Waals surface area (Å²) in [7, 11) is -3.69. The summed E-state index contributed by atoms with van der Waals surface area (Å²) < 4.78 is 40.2. The summed E-state index contributed by atoms with van der Waals surface area (Å²) in [6.45, 7) is 8.00. The zero-order chi connectivity index (χ0) is 22.6. The molecule has 168 valence electrons. The first-order valence-corrected chi connectivity index (χ1v) is 12.1. The Morgan fingerprint density at radius 2 is 1.58 bits per heavy atom. The van der Waals surface area contributed by atoms with Crippen molar-refractivity contribution in [2.45, 2.75) is 50.3 Å². The summed E-state index contributed by atoms with van der Waals surface area (Å²) in [6.07, 6.45) is 1.64. The van der Waals surface area contributed by atoms with Crippen molar-refractivity contribution in [1.29, 1.82) is 0 Å². The van der Waals surface area contributed by atoms with Crippen LogP contribution in [0.1, 0.15) is 44.7 Å². The molecule has 0 unspecified atom stereocenters. The molecule has 0 saturated carbocycles. The van der Waals surface area contributed by atoms with Crippen LogP contribution in [0.15, 0.2) is 53.4 Å². The van der Waals surface area contributed by atoms with Crippen molar-refractivity contribution in [2.75, 3.05) is 26.2 Å². The van der Waals surface area contributed by atoms with Crippen LogP contribution in [0, 0.1) is 5.82 Å². The molecule has 3 rings (SSSR count). The van der Waals surface area contributed by atoms with Gasteiger partial charge in [-0.1, -0.05) is 45.0 Å². The van der Waals surface area contributed by atoms with Crippen molar-refractivity contribution >= 4 is 15.9 Å². The molecule has 0 N–H and O–H groups in total. The predicted octanol–water partition coefficient (Wildman–Crippen LogP) is 3.98. The van der Waals surface area contributed by atoms with Crippen molar-refractivity contribution in [3.8, 4) is 0 Å². The normalized spacial score (nSPS) is 16.2. The lowest BCUT2D eigenvalue weighted by Crippen LogP contribution is -2.37. The molecule has 0 aliphatic carbocycles. The molecule has 0 bridgehead atoms. The number of hydrogen-bond donors (Lipinski definition) is 0. The number of halogens is 1. The Kier molecular flexibility index (Phi) is 7.17. The van der Waals surface area contributed by atoms with Crippen molar-refractivity contribution in [2.24, 2.45) is 0 Å². The van der Waals surface area contributed by atoms with Gasteiger partial charge in [-0.3, -0.25) is 4.79 Å². The number of aryl methyl sites for hydroxylation is 1. The maximum Gasteiger partial charge on any atom is 0.243 e. The number of rotatable bonds is 5. The monoisotopic (exact) mass is 446 g/mol. The molecule has 2 aromatic carbocycles. The third kappa shape index (κ3) is 5.92. The van der Waals surface area contributed by atoms with Crippen molar-refractivity contribution in [3.63, 3.8) is 0 Å². The lowest BCUT2D eigenvalue weighted by atomic mass is 9.86. The SMILES string of the molecule is CC(C)(C)c1ccc(CCC(=O)N2CCCN(S(=O)(=O)c3ccc(F)cc3)CC2)cc1. The summed E-state index contributed by atoms with van der Waals surface area (Å²) in [6, 6.07) is 13.2. The summed E-state index contributed by atoms with van der Waals surface area (Å²) in [5.74, 6) is -0.430. The second kappa shape index (κ2) is 9.49. The van der Waals surface area contributed by atoms with Gasteiger partial charge >= 0.3 is 0 Å². The minimum atomic E-state index is -3.69. The highest BCUT2D eigenvalue weighted by Crippen LogP contribution is 2.23. The van der Waals surface area contributed by atoms with E-state index in [1.807, 2.05) is 0 Å². The van der Waals surface area contributed by atoms with E-state index in [1.54, 1.807) is 4.90 Å². The fraction of sp³-hybridized carbons (Fsp3) is 0.458. The van der Waals surface area contributed by atoms with Crippen molar-refractivity contribution < 1.29 is 17.6 Å². The number of carbonyl (C=O) groups excluding carboxylic acids is 1. The van der Waals surface area contributed by atoms with Crippen molar-refractivity contribution in [3.05, 3.63) is 65.5 Å². The first-order chi connectivity index (χ1) is 14.6. The maximum absolute atomic E-state index is 13.1. The van der Waals surface area contributed by atoms with Crippen LogP contribution in [-0.4, -0.2) is 49.7 Å². The molecule has 31 heavy (non-hydrogen) atoms. The van der Waals surface area contributed by atoms with E-state index in [1.165, 1.54) is 22.0 Å². The lowest BCUT2D eigenvalue weighted by molar-refractivity contribution is -0.131. The number of carbonyl (C=O) groups is 1. The van der Waals surface area contributed by atoms with Crippen LogP contribution < -0.4 is 0 Å². The Balaban J connectivity index is 1.56. The Morgan fingerprint density at radius 1 is 0.935 bits per heavy atom. The molecule has 1 fully saturated rings. The highest BCUT2D eigenvalue weighted by atomic mass is 32.2. The minimum Gasteiger partial charge on any atom is -0.341 e. The van der Waals surface area contributed by atoms with Gasteiger partial charge in [-0.05, 0) is 53.6 Å². The van der Waals surface area contributed by atoms with Gasteiger partial charge in [-0.15, -0.1) is 0 Å². The van der Waals surface area contributed by atoms with Gasteiger partial charge in [0.2, 0.25) is 15.9 Å². The summed E-state index contributed by atoms with van der Waals surface area (Å²) in [4.78, 5) is 14.6. The van der Waals surface area contributed by atoms with Gasteiger partial charge in [0.05, 0.1) is 4.90 Å². The Bertz CT molecular complexity index is 997. The Hall–Kier alpha value is -2.25. The van der Waals surface area contributed by atoms with Gasteiger partial charge in [0.1, 0.15) is 5.82 Å². The van der Waals surface area contributed by atoms with E-state index < -0.39 is 15.8 Å². The molecule has 1 aliphatic rings. The first-order valence-electron chi connectivity index (χ1n) is 10.7. The zero-order valence-corrected chi connectivity index (χ0v) is 19.3. The largest absolute Gasteiger partial charge is 0.341 e. The summed E-state index contributed by atoms with van der Waals surface area (Å²) >= 11 is 0. The summed E-state index contributed by atoms with van der Waals surface area (Å²) in [5, 5.41) is 0. The first kappa shape index (κ1) is 23.4. The van der Waals surface area contributed by atoms with Crippen LogP contribution in [0.25, 0.3) is 0 Å². The van der Waals surface area contributed by atoms with E-state index in [0.717, 1.165) is 17.7 Å². The molecule has 7 heteroatoms. The summed E-state index contributed by atoms with van der Waals surface area (Å²) in [5.41, 5.74) is 2.48. The van der Waals surface area contributed by atoms with Gasteiger partial charge in [-0.2, -0.15) is 4.31 Å². The second-order valence-electron chi connectivity index (χ2n) is 9.04. The van der Waals surface area contributed by atoms with Gasteiger partial charge in [-0.25, -0.2) is 12.8 Å². The molecule has 0 atom stereocenters. The predicted molar refractivity (Wildman–Crippen MR) is 120 cm³/mol. The molecule has 5 nitrogen and oxygen atoms in total. The van der Waals surface area contributed by atoms with E-state index in [-0.39, 0.29) is 22.8 Å². The quantitative estimate of drug-likeness (QED) is 0.698. The van der Waals surface area contributed by atoms with Gasteiger partial charge in [0.15, 0.2) is 0 Å². The highest BCUT2D eigenvalue weighted by molar-refractivity contribution is 7.89. The van der Waals surface area contributed by atoms with E-state index in [0.29, 0.717) is 38.9 Å². The second-order valence-corrected chi connectivity index (χ2v) is 11.0. The van der Waals surface area contributed by atoms with E-state index >= 15 is 0 Å². The molecular weight excluding hydrogens is 415 g/mol. The van der Waals surface area contributed by atoms with Gasteiger partial charge in [0.25, 0.3) is 0 Å². The maximum atomic E-state index is 13.1. The number of sulfonamides is 1. The third-order valence-corrected chi connectivity index (χ3v) is 7.62. The van der Waals surface area contributed by atoms with Crippen LogP contribution in [-0.2, 0) is 26.7 Å². The van der Waals surface area contributed by atoms with Gasteiger partial charge in [0, 0.05) is 32.6 Å². The third-order valence-electron chi connectivity index (χ3n) is 5.71. The number of hydrogen-bond acceptors (Lipinski definition) is 3. The molecule has 0 radical (unpaired) electrons. The highest BCUT2D eigenvalue weighted by Gasteiger charge is 2.28. The van der Waals surface area contributed by atoms with E-state index in [9.17, 15) is 17.6 Å². The molecule has 1 heterocycles. The van der Waals surface area contributed by atoms with E-state index in [2.05, 4.69) is 45.0 Å². The smallest absolute Gasteiger partial charge is 0.243 e. The van der Waals surface area contributed by atoms with Crippen LogP contribution in [0.3, 0.4) is 0 Å². The average molecular weight is 447 g/mol. The molecule has 0 aromatic heterocycles. The standard InChI is InChI=1S/C24H31FN2O3S/c1-24(2,3)20-8-5-19(6-9-20)7-14-23(28)26-15-4-16-27(18-17-26)31(29,30)22-12-10-21(25)11-13-22/h5-6,8-13H,4,7,14-18H2,1-3H3.